The number of nitrogens with zero attached hydrogens (tertiary/aromatic N) is 2. The van der Waals surface area contributed by atoms with Crippen molar-refractivity contribution in [1.29, 1.82) is 0 Å². The zero-order chi connectivity index (χ0) is 16.7. The molecule has 1 saturated carbocycles. The summed E-state index contributed by atoms with van der Waals surface area (Å²) in [7, 11) is -3.82. The van der Waals surface area contributed by atoms with Gasteiger partial charge in [-0.05, 0) is 31.7 Å². The first kappa shape index (κ1) is 16.2. The van der Waals surface area contributed by atoms with Crippen LogP contribution in [-0.2, 0) is 14.8 Å². The third kappa shape index (κ3) is 2.49. The van der Waals surface area contributed by atoms with Crippen molar-refractivity contribution in [1.82, 2.24) is 9.29 Å². The molecule has 8 heteroatoms. The highest BCUT2D eigenvalue weighted by Crippen LogP contribution is 2.50. The SMILES string of the molecule is CCOc1ccncc1S(=O)(=O)N1C[C@@H]2CCC[C@@]2(C(=O)O)C1. The Balaban J connectivity index is 1.95. The molecule has 0 spiro atoms. The van der Waals surface area contributed by atoms with Crippen LogP contribution in [0.5, 0.6) is 5.75 Å². The number of ether oxygens (including phenoxy) is 1. The van der Waals surface area contributed by atoms with Crippen molar-refractivity contribution in [3.05, 3.63) is 18.5 Å². The molecule has 1 N–H and O–H groups in total. The number of hydrogen-bond acceptors (Lipinski definition) is 5. The van der Waals surface area contributed by atoms with E-state index < -0.39 is 21.4 Å². The Hall–Kier alpha value is -1.67. The van der Waals surface area contributed by atoms with Crippen molar-refractivity contribution in [3.8, 4) is 5.75 Å². The third-order valence-corrected chi connectivity index (χ3v) is 6.75. The van der Waals surface area contributed by atoms with Crippen LogP contribution in [0.15, 0.2) is 23.4 Å². The lowest BCUT2D eigenvalue weighted by Crippen LogP contribution is -2.37. The molecule has 2 aliphatic rings. The fourth-order valence-corrected chi connectivity index (χ4v) is 5.38. The minimum Gasteiger partial charge on any atom is -0.492 e. The summed E-state index contributed by atoms with van der Waals surface area (Å²) in [5.74, 6) is -0.764. The number of fused-ring (bicyclic) bond motifs is 1. The fourth-order valence-electron chi connectivity index (χ4n) is 3.75. The highest BCUT2D eigenvalue weighted by atomic mass is 32.2. The first-order valence-corrected chi connectivity index (χ1v) is 9.16. The number of sulfonamides is 1. The van der Waals surface area contributed by atoms with Crippen molar-refractivity contribution in [2.75, 3.05) is 19.7 Å². The Morgan fingerprint density at radius 1 is 1.57 bits per heavy atom. The first-order chi connectivity index (χ1) is 10.9. The van der Waals surface area contributed by atoms with Crippen molar-refractivity contribution >= 4 is 16.0 Å². The van der Waals surface area contributed by atoms with E-state index in [9.17, 15) is 18.3 Å². The van der Waals surface area contributed by atoms with Gasteiger partial charge in [0, 0.05) is 19.3 Å². The van der Waals surface area contributed by atoms with Gasteiger partial charge in [0.2, 0.25) is 10.0 Å². The second-order valence-corrected chi connectivity index (χ2v) is 8.01. The molecular formula is C15H20N2O5S. The van der Waals surface area contributed by atoms with E-state index in [1.165, 1.54) is 22.8 Å². The molecule has 0 aromatic carbocycles. The molecule has 1 aromatic heterocycles. The Morgan fingerprint density at radius 3 is 3.00 bits per heavy atom. The minimum atomic E-state index is -3.82. The van der Waals surface area contributed by atoms with Gasteiger partial charge in [-0.25, -0.2) is 8.42 Å². The number of carboxylic acid groups (broad SMARTS) is 1. The summed E-state index contributed by atoms with van der Waals surface area (Å²) in [4.78, 5) is 15.6. The molecule has 1 saturated heterocycles. The number of hydrogen-bond donors (Lipinski definition) is 1. The van der Waals surface area contributed by atoms with Crippen molar-refractivity contribution in [3.63, 3.8) is 0 Å². The van der Waals surface area contributed by atoms with Crippen molar-refractivity contribution in [2.24, 2.45) is 11.3 Å². The molecule has 23 heavy (non-hydrogen) atoms. The van der Waals surface area contributed by atoms with Gasteiger partial charge < -0.3 is 9.84 Å². The number of rotatable bonds is 5. The van der Waals surface area contributed by atoms with E-state index in [1.54, 1.807) is 6.92 Å². The predicted octanol–water partition coefficient (Wildman–Crippen LogP) is 1.36. The summed E-state index contributed by atoms with van der Waals surface area (Å²) in [6, 6.07) is 1.51. The average molecular weight is 340 g/mol. The van der Waals surface area contributed by atoms with E-state index in [-0.39, 0.29) is 29.7 Å². The lowest BCUT2D eigenvalue weighted by Gasteiger charge is -2.23. The topological polar surface area (TPSA) is 96.8 Å². The number of aliphatic carboxylic acids is 1. The van der Waals surface area contributed by atoms with Gasteiger partial charge in [-0.2, -0.15) is 4.31 Å². The molecular weight excluding hydrogens is 320 g/mol. The molecule has 1 aliphatic carbocycles. The molecule has 3 rings (SSSR count). The van der Waals surface area contributed by atoms with Gasteiger partial charge in [0.05, 0.1) is 18.2 Å². The summed E-state index contributed by atoms with van der Waals surface area (Å²) in [6.07, 6.45) is 4.86. The molecule has 0 unspecified atom stereocenters. The number of carbonyl (C=O) groups is 1. The van der Waals surface area contributed by atoms with Crippen LogP contribution in [0.4, 0.5) is 0 Å². The van der Waals surface area contributed by atoms with Crippen LogP contribution in [0, 0.1) is 11.3 Å². The van der Waals surface area contributed by atoms with Gasteiger partial charge in [0.1, 0.15) is 10.6 Å². The van der Waals surface area contributed by atoms with E-state index >= 15 is 0 Å². The summed E-state index contributed by atoms with van der Waals surface area (Å²) in [6.45, 7) is 2.38. The van der Waals surface area contributed by atoms with Crippen LogP contribution < -0.4 is 4.74 Å². The number of pyridine rings is 1. The highest BCUT2D eigenvalue weighted by Gasteiger charge is 2.57. The highest BCUT2D eigenvalue weighted by molar-refractivity contribution is 7.89. The van der Waals surface area contributed by atoms with E-state index in [2.05, 4.69) is 4.98 Å². The molecule has 0 radical (unpaired) electrons. The second-order valence-electron chi connectivity index (χ2n) is 6.10. The summed E-state index contributed by atoms with van der Waals surface area (Å²) in [5.41, 5.74) is -0.943. The number of carboxylic acids is 1. The third-order valence-electron chi connectivity index (χ3n) is 4.93. The molecule has 0 bridgehead atoms. The van der Waals surface area contributed by atoms with E-state index in [1.807, 2.05) is 0 Å². The monoisotopic (exact) mass is 340 g/mol. The minimum absolute atomic E-state index is 0.00219. The van der Waals surface area contributed by atoms with Crippen LogP contribution in [0.25, 0.3) is 0 Å². The molecule has 7 nitrogen and oxygen atoms in total. The van der Waals surface area contributed by atoms with Crippen LogP contribution in [0.3, 0.4) is 0 Å². The van der Waals surface area contributed by atoms with E-state index in [0.717, 1.165) is 12.8 Å². The first-order valence-electron chi connectivity index (χ1n) is 7.72. The maximum Gasteiger partial charge on any atom is 0.311 e. The van der Waals surface area contributed by atoms with Crippen molar-refractivity contribution in [2.45, 2.75) is 31.1 Å². The van der Waals surface area contributed by atoms with Crippen LogP contribution >= 0.6 is 0 Å². The Kier molecular flexibility index (Phi) is 4.05. The smallest absolute Gasteiger partial charge is 0.311 e. The Morgan fingerprint density at radius 2 is 2.35 bits per heavy atom. The standard InChI is InChI=1S/C15H20N2O5S/c1-2-22-12-5-7-16-8-13(12)23(20,21)17-9-11-4-3-6-15(11,10-17)14(18)19/h5,7-8,11H,2-4,6,9-10H2,1H3,(H,18,19)/t11-,15+/m0/s1. The predicted molar refractivity (Wildman–Crippen MR) is 81.6 cm³/mol. The normalized spacial score (nSPS) is 27.8. The van der Waals surface area contributed by atoms with Crippen LogP contribution in [0.2, 0.25) is 0 Å². The quantitative estimate of drug-likeness (QED) is 0.869. The molecule has 2 atom stereocenters. The zero-order valence-electron chi connectivity index (χ0n) is 12.9. The lowest BCUT2D eigenvalue weighted by molar-refractivity contribution is -0.149. The zero-order valence-corrected chi connectivity index (χ0v) is 13.8. The molecule has 2 heterocycles. The average Bonchev–Trinajstić information content (AvgIpc) is 3.06. The fraction of sp³-hybridized carbons (Fsp3) is 0.600. The van der Waals surface area contributed by atoms with E-state index in [4.69, 9.17) is 4.74 Å². The van der Waals surface area contributed by atoms with Crippen LogP contribution in [0.1, 0.15) is 26.2 Å². The molecule has 1 aromatic rings. The van der Waals surface area contributed by atoms with Crippen molar-refractivity contribution < 1.29 is 23.1 Å². The molecule has 0 amide bonds. The lowest BCUT2D eigenvalue weighted by atomic mass is 9.81. The van der Waals surface area contributed by atoms with Gasteiger partial charge in [-0.1, -0.05) is 6.42 Å². The molecule has 2 fully saturated rings. The summed E-state index contributed by atoms with van der Waals surface area (Å²) in [5, 5.41) is 9.61. The maximum absolute atomic E-state index is 12.9. The van der Waals surface area contributed by atoms with Gasteiger partial charge in [-0.15, -0.1) is 0 Å². The van der Waals surface area contributed by atoms with Gasteiger partial charge >= 0.3 is 5.97 Å². The number of aromatic nitrogens is 1. The van der Waals surface area contributed by atoms with Gasteiger partial charge in [0.15, 0.2) is 0 Å². The van der Waals surface area contributed by atoms with Crippen LogP contribution in [-0.4, -0.2) is 48.5 Å². The van der Waals surface area contributed by atoms with Gasteiger partial charge in [0.25, 0.3) is 0 Å². The molecule has 126 valence electrons. The molecule has 1 aliphatic heterocycles. The Labute approximate surface area is 135 Å². The van der Waals surface area contributed by atoms with Gasteiger partial charge in [-0.3, -0.25) is 9.78 Å². The largest absolute Gasteiger partial charge is 0.492 e. The van der Waals surface area contributed by atoms with E-state index in [0.29, 0.717) is 13.0 Å². The Bertz CT molecular complexity index is 720. The second kappa shape index (κ2) is 5.76. The maximum atomic E-state index is 12.9. The summed E-state index contributed by atoms with van der Waals surface area (Å²) < 4.78 is 32.5. The summed E-state index contributed by atoms with van der Waals surface area (Å²) >= 11 is 0.